The van der Waals surface area contributed by atoms with Crippen LogP contribution < -0.4 is 4.74 Å². The molecule has 1 aliphatic rings. The molecule has 0 saturated carbocycles. The normalized spacial score (nSPS) is 16.6. The molecule has 5 heteroatoms. The predicted octanol–water partition coefficient (Wildman–Crippen LogP) is 3.86. The number of nitrogens with zero attached hydrogens (tertiary/aromatic N) is 1. The van der Waals surface area contributed by atoms with Gasteiger partial charge in [0, 0.05) is 12.1 Å². The highest BCUT2D eigenvalue weighted by molar-refractivity contribution is 8.26. The van der Waals surface area contributed by atoms with Crippen LogP contribution in [0.4, 0.5) is 0 Å². The summed E-state index contributed by atoms with van der Waals surface area (Å²) in [5.74, 6) is 0.712. The Morgan fingerprint density at radius 1 is 1.43 bits per heavy atom. The van der Waals surface area contributed by atoms with Gasteiger partial charge in [0.1, 0.15) is 16.7 Å². The average molecular weight is 319 g/mol. The molecule has 0 aromatic heterocycles. The molecular weight excluding hydrogens is 302 g/mol. The molecule has 3 nitrogen and oxygen atoms in total. The van der Waals surface area contributed by atoms with E-state index in [1.807, 2.05) is 37.3 Å². The third-order valence-electron chi connectivity index (χ3n) is 2.88. The zero-order valence-electron chi connectivity index (χ0n) is 11.9. The van der Waals surface area contributed by atoms with Crippen molar-refractivity contribution in [3.05, 3.63) is 47.4 Å². The second-order valence-corrected chi connectivity index (χ2v) is 6.15. The van der Waals surface area contributed by atoms with Gasteiger partial charge in [-0.05, 0) is 18.6 Å². The summed E-state index contributed by atoms with van der Waals surface area (Å²) in [6.07, 6.45) is 4.42. The van der Waals surface area contributed by atoms with E-state index in [0.29, 0.717) is 22.4 Å². The van der Waals surface area contributed by atoms with Crippen LogP contribution in [-0.2, 0) is 4.79 Å². The third-order valence-corrected chi connectivity index (χ3v) is 4.26. The van der Waals surface area contributed by atoms with Crippen LogP contribution in [-0.4, -0.2) is 28.3 Å². The minimum absolute atomic E-state index is 0.0228. The van der Waals surface area contributed by atoms with Crippen molar-refractivity contribution in [3.63, 3.8) is 0 Å². The maximum Gasteiger partial charge on any atom is 0.266 e. The number of amides is 1. The van der Waals surface area contributed by atoms with E-state index >= 15 is 0 Å². The highest BCUT2D eigenvalue weighted by Gasteiger charge is 2.31. The fraction of sp³-hybridized carbons (Fsp3) is 0.250. The molecule has 1 amide bonds. The first kappa shape index (κ1) is 15.8. The van der Waals surface area contributed by atoms with Gasteiger partial charge in [0.2, 0.25) is 0 Å². The molecule has 1 fully saturated rings. The van der Waals surface area contributed by atoms with Gasteiger partial charge in [-0.3, -0.25) is 9.69 Å². The summed E-state index contributed by atoms with van der Waals surface area (Å²) in [4.78, 5) is 14.6. The quantitative estimate of drug-likeness (QED) is 0.452. The SMILES string of the molecule is C=CCOc1ccccc1/C=C1/SC(=S)N(CCC)C1=O. The monoisotopic (exact) mass is 319 g/mol. The molecule has 0 bridgehead atoms. The van der Waals surface area contributed by atoms with Crippen LogP contribution in [0.2, 0.25) is 0 Å². The van der Waals surface area contributed by atoms with Crippen LogP contribution in [0, 0.1) is 0 Å². The van der Waals surface area contributed by atoms with Crippen LogP contribution in [0.1, 0.15) is 18.9 Å². The molecule has 0 aliphatic carbocycles. The molecule has 0 radical (unpaired) electrons. The molecule has 1 aliphatic heterocycles. The molecule has 1 heterocycles. The number of carbonyl (C=O) groups excluding carboxylic acids is 1. The lowest BCUT2D eigenvalue weighted by molar-refractivity contribution is -0.122. The lowest BCUT2D eigenvalue weighted by atomic mass is 10.2. The van der Waals surface area contributed by atoms with Gasteiger partial charge in [0.15, 0.2) is 0 Å². The fourth-order valence-electron chi connectivity index (χ4n) is 1.94. The van der Waals surface area contributed by atoms with E-state index in [4.69, 9.17) is 17.0 Å². The molecule has 1 aromatic rings. The first-order chi connectivity index (χ1) is 10.2. The van der Waals surface area contributed by atoms with Crippen LogP contribution in [0.3, 0.4) is 0 Å². The first-order valence-corrected chi connectivity index (χ1v) is 7.98. The van der Waals surface area contributed by atoms with E-state index in [9.17, 15) is 4.79 Å². The van der Waals surface area contributed by atoms with E-state index in [2.05, 4.69) is 6.58 Å². The van der Waals surface area contributed by atoms with E-state index < -0.39 is 0 Å². The Balaban J connectivity index is 2.26. The molecule has 2 rings (SSSR count). The molecular formula is C16H17NO2S2. The van der Waals surface area contributed by atoms with Crippen molar-refractivity contribution in [2.24, 2.45) is 0 Å². The summed E-state index contributed by atoms with van der Waals surface area (Å²) in [6.45, 7) is 6.76. The standard InChI is InChI=1S/C16H17NO2S2/c1-3-9-17-15(18)14(21-16(17)20)11-12-7-5-6-8-13(12)19-10-4-2/h4-8,11H,2-3,9-10H2,1H3/b14-11+. The molecule has 0 atom stereocenters. The van der Waals surface area contributed by atoms with Gasteiger partial charge in [0.05, 0.1) is 4.91 Å². The molecule has 0 N–H and O–H groups in total. The zero-order valence-corrected chi connectivity index (χ0v) is 13.5. The van der Waals surface area contributed by atoms with Crippen molar-refractivity contribution >= 4 is 40.3 Å². The van der Waals surface area contributed by atoms with Crippen molar-refractivity contribution in [3.8, 4) is 5.75 Å². The van der Waals surface area contributed by atoms with E-state index in [1.54, 1.807) is 11.0 Å². The van der Waals surface area contributed by atoms with Gasteiger partial charge in [-0.2, -0.15) is 0 Å². The number of ether oxygens (including phenoxy) is 1. The van der Waals surface area contributed by atoms with E-state index in [-0.39, 0.29) is 5.91 Å². The van der Waals surface area contributed by atoms with Gasteiger partial charge >= 0.3 is 0 Å². The van der Waals surface area contributed by atoms with E-state index in [0.717, 1.165) is 17.7 Å². The first-order valence-electron chi connectivity index (χ1n) is 6.75. The van der Waals surface area contributed by atoms with Crippen molar-refractivity contribution in [2.45, 2.75) is 13.3 Å². The van der Waals surface area contributed by atoms with E-state index in [1.165, 1.54) is 11.8 Å². The number of benzene rings is 1. The maximum absolute atomic E-state index is 12.3. The lowest BCUT2D eigenvalue weighted by Gasteiger charge is -2.12. The molecule has 110 valence electrons. The topological polar surface area (TPSA) is 29.5 Å². The minimum atomic E-state index is -0.0228. The lowest BCUT2D eigenvalue weighted by Crippen LogP contribution is -2.28. The van der Waals surface area contributed by atoms with Crippen molar-refractivity contribution in [2.75, 3.05) is 13.2 Å². The minimum Gasteiger partial charge on any atom is -0.489 e. The molecule has 21 heavy (non-hydrogen) atoms. The number of carbonyl (C=O) groups is 1. The third kappa shape index (κ3) is 3.74. The predicted molar refractivity (Wildman–Crippen MR) is 92.3 cm³/mol. The average Bonchev–Trinajstić information content (AvgIpc) is 2.74. The highest BCUT2D eigenvalue weighted by Crippen LogP contribution is 2.34. The van der Waals surface area contributed by atoms with Crippen LogP contribution in [0.5, 0.6) is 5.75 Å². The molecule has 0 unspecified atom stereocenters. The zero-order chi connectivity index (χ0) is 15.2. The summed E-state index contributed by atoms with van der Waals surface area (Å²) in [7, 11) is 0. The summed E-state index contributed by atoms with van der Waals surface area (Å²) >= 11 is 6.60. The highest BCUT2D eigenvalue weighted by atomic mass is 32.2. The fourth-order valence-corrected chi connectivity index (χ4v) is 3.24. The van der Waals surface area contributed by atoms with Gasteiger partial charge < -0.3 is 4.74 Å². The maximum atomic E-state index is 12.3. The van der Waals surface area contributed by atoms with Crippen LogP contribution >= 0.6 is 24.0 Å². The molecule has 0 spiro atoms. The number of para-hydroxylation sites is 1. The summed E-state index contributed by atoms with van der Waals surface area (Å²) in [5.41, 5.74) is 0.872. The van der Waals surface area contributed by atoms with Crippen LogP contribution in [0.25, 0.3) is 6.08 Å². The summed E-state index contributed by atoms with van der Waals surface area (Å²) in [5, 5.41) is 0. The Bertz CT molecular complexity index is 596. The van der Waals surface area contributed by atoms with Gasteiger partial charge in [-0.15, -0.1) is 0 Å². The van der Waals surface area contributed by atoms with Gasteiger partial charge in [-0.25, -0.2) is 0 Å². The second kappa shape index (κ2) is 7.43. The Morgan fingerprint density at radius 2 is 2.19 bits per heavy atom. The number of thioether (sulfide) groups is 1. The van der Waals surface area contributed by atoms with Crippen molar-refractivity contribution in [1.29, 1.82) is 0 Å². The Labute approximate surface area is 134 Å². The summed E-state index contributed by atoms with van der Waals surface area (Å²) < 4.78 is 6.23. The number of hydrogen-bond donors (Lipinski definition) is 0. The Hall–Kier alpha value is -1.59. The van der Waals surface area contributed by atoms with Crippen molar-refractivity contribution < 1.29 is 9.53 Å². The largest absolute Gasteiger partial charge is 0.489 e. The number of rotatable bonds is 6. The molecule has 1 saturated heterocycles. The van der Waals surface area contributed by atoms with Gasteiger partial charge in [0.25, 0.3) is 5.91 Å². The van der Waals surface area contributed by atoms with Gasteiger partial charge in [-0.1, -0.05) is 61.8 Å². The molecule has 1 aromatic carbocycles. The summed E-state index contributed by atoms with van der Waals surface area (Å²) in [6, 6.07) is 7.62. The Kier molecular flexibility index (Phi) is 5.59. The second-order valence-electron chi connectivity index (χ2n) is 4.47. The smallest absolute Gasteiger partial charge is 0.266 e. The van der Waals surface area contributed by atoms with Crippen LogP contribution in [0.15, 0.2) is 41.8 Å². The number of hydrogen-bond acceptors (Lipinski definition) is 4. The number of thiocarbonyl (C=S) groups is 1. The van der Waals surface area contributed by atoms with Crippen molar-refractivity contribution in [1.82, 2.24) is 4.90 Å². The Morgan fingerprint density at radius 3 is 2.90 bits per heavy atom.